The average molecular weight is 441 g/mol. The first-order valence-electron chi connectivity index (χ1n) is 8.81. The number of fused-ring (bicyclic) bond motifs is 1. The molecule has 8 nitrogen and oxygen atoms in total. The summed E-state index contributed by atoms with van der Waals surface area (Å²) in [5, 5.41) is 11.6. The monoisotopic (exact) mass is 441 g/mol. The van der Waals surface area contributed by atoms with Gasteiger partial charge in [0.2, 0.25) is 5.96 Å². The van der Waals surface area contributed by atoms with Gasteiger partial charge >= 0.3 is 0 Å². The van der Waals surface area contributed by atoms with Crippen LogP contribution in [0.3, 0.4) is 0 Å². The van der Waals surface area contributed by atoms with Crippen LogP contribution in [-0.4, -0.2) is 19.4 Å². The number of guanidine groups is 1. The minimum Gasteiger partial charge on any atom is -0.452 e. The minimum absolute atomic E-state index is 0.00935. The van der Waals surface area contributed by atoms with Gasteiger partial charge in [-0.2, -0.15) is 5.26 Å². The normalized spacial score (nSPS) is 15.3. The van der Waals surface area contributed by atoms with Crippen molar-refractivity contribution in [1.82, 2.24) is 9.71 Å². The molecule has 2 heterocycles. The third kappa shape index (κ3) is 4.15. The number of pyridine rings is 1. The van der Waals surface area contributed by atoms with Gasteiger partial charge in [-0.05, 0) is 48.5 Å². The number of nitriles is 1. The SMILES string of the molecule is N#Cc1ccc(Oc2c(F)ccc3c2NC(=NCc2ncccc2F)NS3(=O)=O)cc1. The maximum Gasteiger partial charge on any atom is 0.266 e. The number of aromatic nitrogens is 1. The van der Waals surface area contributed by atoms with Gasteiger partial charge in [0.25, 0.3) is 10.0 Å². The number of nitrogens with one attached hydrogen (secondary N) is 2. The van der Waals surface area contributed by atoms with Crippen LogP contribution in [0.1, 0.15) is 11.3 Å². The molecule has 1 aromatic heterocycles. The predicted octanol–water partition coefficient (Wildman–Crippen LogP) is 3.28. The molecule has 0 saturated carbocycles. The quantitative estimate of drug-likeness (QED) is 0.642. The van der Waals surface area contributed by atoms with Crippen molar-refractivity contribution in [1.29, 1.82) is 5.26 Å². The average Bonchev–Trinajstić information content (AvgIpc) is 2.75. The molecule has 4 rings (SSSR count). The molecular weight excluding hydrogens is 428 g/mol. The van der Waals surface area contributed by atoms with Crippen LogP contribution in [0.15, 0.2) is 64.6 Å². The minimum atomic E-state index is -4.10. The largest absolute Gasteiger partial charge is 0.452 e. The number of rotatable bonds is 4. The van der Waals surface area contributed by atoms with E-state index in [4.69, 9.17) is 10.00 Å². The number of benzene rings is 2. The summed E-state index contributed by atoms with van der Waals surface area (Å²) in [5.41, 5.74) is 0.224. The maximum absolute atomic E-state index is 14.6. The van der Waals surface area contributed by atoms with E-state index >= 15 is 0 Å². The fourth-order valence-electron chi connectivity index (χ4n) is 2.78. The Bertz CT molecular complexity index is 1340. The van der Waals surface area contributed by atoms with Crippen LogP contribution in [0.25, 0.3) is 0 Å². The third-order valence-corrected chi connectivity index (χ3v) is 5.64. The number of hydrogen-bond donors (Lipinski definition) is 2. The zero-order chi connectivity index (χ0) is 22.0. The zero-order valence-electron chi connectivity index (χ0n) is 15.6. The molecule has 1 aliphatic heterocycles. The highest BCUT2D eigenvalue weighted by Gasteiger charge is 2.31. The summed E-state index contributed by atoms with van der Waals surface area (Å²) in [4.78, 5) is 7.61. The smallest absolute Gasteiger partial charge is 0.266 e. The lowest BCUT2D eigenvalue weighted by atomic mass is 10.2. The standard InChI is InChI=1S/C20H13F2N5O3S/c21-14-2-1-9-24-16(14)11-25-20-26-18-17(31(28,29)27-20)8-7-15(22)19(18)30-13-5-3-12(10-23)4-6-13/h1-9H,11H2,(H2,25,26,27). The molecule has 31 heavy (non-hydrogen) atoms. The summed E-state index contributed by atoms with van der Waals surface area (Å²) in [5.74, 6) is -1.83. The van der Waals surface area contributed by atoms with E-state index in [0.717, 1.165) is 12.1 Å². The van der Waals surface area contributed by atoms with Crippen molar-refractivity contribution in [3.8, 4) is 17.6 Å². The summed E-state index contributed by atoms with van der Waals surface area (Å²) in [6.07, 6.45) is 1.38. The molecule has 0 bridgehead atoms. The molecule has 0 unspecified atom stereocenters. The summed E-state index contributed by atoms with van der Waals surface area (Å²) in [6, 6.07) is 12.5. The van der Waals surface area contributed by atoms with Gasteiger partial charge in [0.05, 0.1) is 23.9 Å². The Labute approximate surface area is 175 Å². The van der Waals surface area contributed by atoms with E-state index in [1.54, 1.807) is 0 Å². The molecule has 156 valence electrons. The van der Waals surface area contributed by atoms with Crippen LogP contribution in [0.2, 0.25) is 0 Å². The summed E-state index contributed by atoms with van der Waals surface area (Å²) >= 11 is 0. The van der Waals surface area contributed by atoms with Gasteiger partial charge in [-0.3, -0.25) is 4.98 Å². The highest BCUT2D eigenvalue weighted by atomic mass is 32.2. The Morgan fingerprint density at radius 1 is 1.10 bits per heavy atom. The molecule has 2 aromatic carbocycles. The molecule has 1 aliphatic rings. The van der Waals surface area contributed by atoms with E-state index in [9.17, 15) is 17.2 Å². The lowest BCUT2D eigenvalue weighted by Crippen LogP contribution is -2.41. The van der Waals surface area contributed by atoms with E-state index in [1.807, 2.05) is 6.07 Å². The molecular formula is C20H13F2N5O3S. The molecule has 0 aliphatic carbocycles. The molecule has 0 radical (unpaired) electrons. The number of ether oxygens (including phenoxy) is 1. The first-order chi connectivity index (χ1) is 14.9. The lowest BCUT2D eigenvalue weighted by Gasteiger charge is -2.24. The first kappa shape index (κ1) is 20.2. The van der Waals surface area contributed by atoms with Crippen LogP contribution >= 0.6 is 0 Å². The zero-order valence-corrected chi connectivity index (χ0v) is 16.5. The summed E-state index contributed by atoms with van der Waals surface area (Å²) in [6.45, 7) is -0.256. The van der Waals surface area contributed by atoms with Crippen LogP contribution in [0.5, 0.6) is 11.5 Å². The van der Waals surface area contributed by atoms with Gasteiger partial charge in [-0.15, -0.1) is 0 Å². The molecule has 2 N–H and O–H groups in total. The third-order valence-electron chi connectivity index (χ3n) is 4.26. The van der Waals surface area contributed by atoms with E-state index < -0.39 is 21.7 Å². The Hall–Kier alpha value is -4.04. The van der Waals surface area contributed by atoms with Crippen LogP contribution in [0, 0.1) is 23.0 Å². The fraction of sp³-hybridized carbons (Fsp3) is 0.0500. The number of halogens is 2. The highest BCUT2D eigenvalue weighted by molar-refractivity contribution is 7.90. The summed E-state index contributed by atoms with van der Waals surface area (Å²) in [7, 11) is -4.10. The van der Waals surface area contributed by atoms with Crippen molar-refractivity contribution >= 4 is 21.7 Å². The lowest BCUT2D eigenvalue weighted by molar-refractivity contribution is 0.442. The van der Waals surface area contributed by atoms with Crippen molar-refractivity contribution in [3.05, 3.63) is 77.6 Å². The van der Waals surface area contributed by atoms with Gasteiger partial charge in [0.15, 0.2) is 11.6 Å². The first-order valence-corrected chi connectivity index (χ1v) is 10.3. The fourth-order valence-corrected chi connectivity index (χ4v) is 3.92. The molecule has 3 aromatic rings. The number of aliphatic imine (C=N–C) groups is 1. The van der Waals surface area contributed by atoms with Crippen molar-refractivity contribution in [3.63, 3.8) is 0 Å². The summed E-state index contributed by atoms with van der Waals surface area (Å²) < 4.78 is 61.4. The van der Waals surface area contributed by atoms with Crippen molar-refractivity contribution < 1.29 is 21.9 Å². The number of hydrogen-bond acceptors (Lipinski definition) is 6. The van der Waals surface area contributed by atoms with Crippen LogP contribution < -0.4 is 14.8 Å². The topological polar surface area (TPSA) is 116 Å². The Morgan fingerprint density at radius 3 is 2.58 bits per heavy atom. The molecule has 0 saturated heterocycles. The van der Waals surface area contributed by atoms with Gasteiger partial charge in [-0.25, -0.2) is 26.9 Å². The number of sulfonamides is 1. The van der Waals surface area contributed by atoms with E-state index in [2.05, 4.69) is 20.0 Å². The highest BCUT2D eigenvalue weighted by Crippen LogP contribution is 2.39. The van der Waals surface area contributed by atoms with Gasteiger partial charge in [0, 0.05) is 6.20 Å². The van der Waals surface area contributed by atoms with E-state index in [-0.39, 0.29) is 40.3 Å². The predicted molar refractivity (Wildman–Crippen MR) is 107 cm³/mol. The van der Waals surface area contributed by atoms with Crippen molar-refractivity contribution in [2.45, 2.75) is 11.4 Å². The van der Waals surface area contributed by atoms with Gasteiger partial charge in [0.1, 0.15) is 22.1 Å². The molecule has 0 atom stereocenters. The van der Waals surface area contributed by atoms with E-state index in [0.29, 0.717) is 5.56 Å². The van der Waals surface area contributed by atoms with E-state index in [1.165, 1.54) is 42.6 Å². The van der Waals surface area contributed by atoms with Crippen molar-refractivity contribution in [2.75, 3.05) is 5.32 Å². The maximum atomic E-state index is 14.6. The number of anilines is 1. The Morgan fingerprint density at radius 2 is 1.87 bits per heavy atom. The second-order valence-corrected chi connectivity index (χ2v) is 7.97. The van der Waals surface area contributed by atoms with Crippen LogP contribution in [-0.2, 0) is 16.6 Å². The Kier molecular flexibility index (Phi) is 5.22. The Balaban J connectivity index is 1.70. The van der Waals surface area contributed by atoms with Crippen LogP contribution in [0.4, 0.5) is 14.5 Å². The molecule has 11 heteroatoms. The van der Waals surface area contributed by atoms with Crippen molar-refractivity contribution in [2.24, 2.45) is 4.99 Å². The van der Waals surface area contributed by atoms with Gasteiger partial charge < -0.3 is 10.1 Å². The number of nitrogens with zero attached hydrogens (tertiary/aromatic N) is 3. The molecule has 0 spiro atoms. The molecule has 0 fully saturated rings. The van der Waals surface area contributed by atoms with Gasteiger partial charge in [-0.1, -0.05) is 0 Å². The molecule has 0 amide bonds. The second-order valence-electron chi connectivity index (χ2n) is 6.32. The second kappa shape index (κ2) is 8.00.